The number of aryl methyl sites for hydroxylation is 1. The molecule has 0 fully saturated rings. The normalized spacial score (nSPS) is 16.1. The van der Waals surface area contributed by atoms with E-state index in [1.165, 1.54) is 8.61 Å². The van der Waals surface area contributed by atoms with E-state index in [-0.39, 0.29) is 19.1 Å². The van der Waals surface area contributed by atoms with Crippen LogP contribution in [0.2, 0.25) is 0 Å². The fourth-order valence-corrected chi connectivity index (χ4v) is 4.71. The van der Waals surface area contributed by atoms with Crippen molar-refractivity contribution in [1.82, 2.24) is 13.9 Å². The third-order valence-corrected chi connectivity index (χ3v) is 6.56. The van der Waals surface area contributed by atoms with Crippen LogP contribution in [0.5, 0.6) is 0 Å². The molecule has 1 aliphatic heterocycles. The fourth-order valence-electron chi connectivity index (χ4n) is 3.63. The highest BCUT2D eigenvalue weighted by molar-refractivity contribution is 7.84. The number of rotatable bonds is 6. The van der Waals surface area contributed by atoms with E-state index in [1.54, 1.807) is 7.05 Å². The van der Waals surface area contributed by atoms with Gasteiger partial charge >= 0.3 is 0 Å². The molecule has 3 aromatic rings. The van der Waals surface area contributed by atoms with Gasteiger partial charge in [-0.2, -0.15) is 0 Å². The molecule has 0 saturated heterocycles. The lowest BCUT2D eigenvalue weighted by molar-refractivity contribution is 0.0848. The van der Waals surface area contributed by atoms with Crippen LogP contribution in [-0.2, 0) is 17.7 Å². The molecular formula is C22H24N4O3S. The third kappa shape index (κ3) is 3.53. The number of amides is 1. The van der Waals surface area contributed by atoms with Gasteiger partial charge in [0.15, 0.2) is 11.5 Å². The van der Waals surface area contributed by atoms with Crippen LogP contribution in [0, 0.1) is 6.92 Å². The Balaban J connectivity index is 1.90. The first kappa shape index (κ1) is 20.3. The Morgan fingerprint density at radius 2 is 1.77 bits per heavy atom. The predicted octanol–water partition coefficient (Wildman–Crippen LogP) is 2.76. The summed E-state index contributed by atoms with van der Waals surface area (Å²) in [6.07, 6.45) is 0.359. The average Bonchev–Trinajstić information content (AvgIpc) is 3.12. The molecule has 0 bridgehead atoms. The fraction of sp³-hybridized carbons (Fsp3) is 0.273. The second-order valence-corrected chi connectivity index (χ2v) is 8.66. The van der Waals surface area contributed by atoms with E-state index in [2.05, 4.69) is 0 Å². The zero-order valence-corrected chi connectivity index (χ0v) is 17.8. The van der Waals surface area contributed by atoms with Crippen molar-refractivity contribution in [2.24, 2.45) is 0 Å². The van der Waals surface area contributed by atoms with Gasteiger partial charge in [0.2, 0.25) is 11.2 Å². The number of carbonyl (C=O) groups is 1. The van der Waals surface area contributed by atoms with Gasteiger partial charge in [0.05, 0.1) is 0 Å². The van der Waals surface area contributed by atoms with E-state index in [4.69, 9.17) is 4.98 Å². The van der Waals surface area contributed by atoms with Crippen molar-refractivity contribution in [3.05, 3.63) is 71.4 Å². The summed E-state index contributed by atoms with van der Waals surface area (Å²) in [5.41, 5.74) is 3.42. The Morgan fingerprint density at radius 1 is 1.07 bits per heavy atom. The highest BCUT2D eigenvalue weighted by Gasteiger charge is 2.39. The Hall–Kier alpha value is -2.97. The van der Waals surface area contributed by atoms with Gasteiger partial charge in [-0.05, 0) is 24.5 Å². The van der Waals surface area contributed by atoms with Gasteiger partial charge in [0, 0.05) is 32.3 Å². The molecule has 1 unspecified atom stereocenters. The van der Waals surface area contributed by atoms with Gasteiger partial charge < -0.3 is 9.67 Å². The van der Waals surface area contributed by atoms with Crippen molar-refractivity contribution in [2.45, 2.75) is 19.9 Å². The lowest BCUT2D eigenvalue weighted by atomic mass is 10.1. The number of aromatic nitrogens is 2. The molecule has 2 heterocycles. The number of hydrogen-bond donors (Lipinski definition) is 1. The van der Waals surface area contributed by atoms with Crippen LogP contribution >= 0.6 is 0 Å². The van der Waals surface area contributed by atoms with Crippen LogP contribution in [0.25, 0.3) is 11.4 Å². The number of nitrogens with zero attached hydrogens (tertiary/aromatic N) is 4. The molecule has 0 saturated carbocycles. The summed E-state index contributed by atoms with van der Waals surface area (Å²) in [5, 5.41) is 9.20. The first-order valence-electron chi connectivity index (χ1n) is 9.82. The molecule has 156 valence electrons. The Bertz CT molecular complexity index is 1100. The predicted molar refractivity (Wildman–Crippen MR) is 117 cm³/mol. The number of aliphatic hydroxyl groups excluding tert-OH is 1. The highest BCUT2D eigenvalue weighted by Crippen LogP contribution is 2.35. The Morgan fingerprint density at radius 3 is 2.47 bits per heavy atom. The van der Waals surface area contributed by atoms with Crippen molar-refractivity contribution in [2.75, 3.05) is 24.5 Å². The maximum atomic E-state index is 13.4. The molecule has 0 spiro atoms. The molecule has 30 heavy (non-hydrogen) atoms. The van der Waals surface area contributed by atoms with Crippen molar-refractivity contribution in [3.63, 3.8) is 0 Å². The first-order chi connectivity index (χ1) is 14.5. The van der Waals surface area contributed by atoms with Gasteiger partial charge in [-0.15, -0.1) is 0 Å². The minimum Gasteiger partial charge on any atom is -0.396 e. The molecule has 1 aliphatic rings. The summed E-state index contributed by atoms with van der Waals surface area (Å²) in [6, 6.07) is 17.8. The first-order valence-corrected chi connectivity index (χ1v) is 10.9. The van der Waals surface area contributed by atoms with E-state index < -0.39 is 11.2 Å². The molecule has 1 atom stereocenters. The van der Waals surface area contributed by atoms with Crippen LogP contribution in [0.15, 0.2) is 54.6 Å². The van der Waals surface area contributed by atoms with Crippen molar-refractivity contribution in [1.29, 1.82) is 0 Å². The standard InChI is InChI=1S/C22H24N4O3S/c1-16-9-6-7-12-18(16)20-23-21-19(25(20)15-17-10-4-3-5-11-17)22(28)26(13-8-14-27)30(29)24(21)2/h3-7,9-12,27H,8,13-15H2,1-2H3. The van der Waals surface area contributed by atoms with Crippen molar-refractivity contribution in [3.8, 4) is 11.4 Å². The molecule has 4 rings (SSSR count). The number of aliphatic hydroxyl groups is 1. The number of benzene rings is 2. The number of imidazole rings is 1. The van der Waals surface area contributed by atoms with Crippen molar-refractivity contribution < 1.29 is 14.1 Å². The largest absolute Gasteiger partial charge is 0.396 e. The monoisotopic (exact) mass is 424 g/mol. The number of carbonyl (C=O) groups excluding carboxylic acids is 1. The number of fused-ring (bicyclic) bond motifs is 1. The SMILES string of the molecule is Cc1ccccc1-c1nc2c(n1Cc1ccccc1)C(=O)N(CCCO)S(=O)N2C. The smallest absolute Gasteiger partial charge is 0.287 e. The molecule has 7 nitrogen and oxygen atoms in total. The molecule has 1 amide bonds. The molecule has 0 aliphatic carbocycles. The van der Waals surface area contributed by atoms with Crippen LogP contribution < -0.4 is 4.31 Å². The van der Waals surface area contributed by atoms with Gasteiger partial charge in [0.1, 0.15) is 5.82 Å². The zero-order valence-electron chi connectivity index (χ0n) is 17.0. The number of hydrogen-bond acceptors (Lipinski definition) is 4. The maximum absolute atomic E-state index is 13.4. The quantitative estimate of drug-likeness (QED) is 0.660. The van der Waals surface area contributed by atoms with Crippen LogP contribution in [0.4, 0.5) is 5.82 Å². The van der Waals surface area contributed by atoms with Gasteiger partial charge in [-0.25, -0.2) is 13.5 Å². The summed E-state index contributed by atoms with van der Waals surface area (Å²) in [4.78, 5) is 18.2. The Kier molecular flexibility index (Phi) is 5.69. The van der Waals surface area contributed by atoms with Crippen LogP contribution in [-0.4, -0.2) is 49.3 Å². The Labute approximate surface area is 178 Å². The molecule has 1 aromatic heterocycles. The topological polar surface area (TPSA) is 78.7 Å². The second kappa shape index (κ2) is 8.41. The van der Waals surface area contributed by atoms with Crippen LogP contribution in [0.1, 0.15) is 28.0 Å². The summed E-state index contributed by atoms with van der Waals surface area (Å²) in [5.74, 6) is 0.745. The van der Waals surface area contributed by atoms with E-state index in [0.29, 0.717) is 30.3 Å². The van der Waals surface area contributed by atoms with Gasteiger partial charge in [-0.1, -0.05) is 54.6 Å². The lowest BCUT2D eigenvalue weighted by Crippen LogP contribution is -2.47. The van der Waals surface area contributed by atoms with E-state index >= 15 is 0 Å². The minimum absolute atomic E-state index is 0.0741. The molecule has 2 aromatic carbocycles. The van der Waals surface area contributed by atoms with Gasteiger partial charge in [0.25, 0.3) is 5.91 Å². The summed E-state index contributed by atoms with van der Waals surface area (Å²) >= 11 is -1.69. The number of anilines is 1. The van der Waals surface area contributed by atoms with E-state index in [1.807, 2.05) is 66.1 Å². The highest BCUT2D eigenvalue weighted by atomic mass is 32.2. The zero-order chi connectivity index (χ0) is 21.3. The average molecular weight is 425 g/mol. The summed E-state index contributed by atoms with van der Waals surface area (Å²) < 4.78 is 17.6. The maximum Gasteiger partial charge on any atom is 0.287 e. The molecule has 1 N–H and O–H groups in total. The molecular weight excluding hydrogens is 400 g/mol. The lowest BCUT2D eigenvalue weighted by Gasteiger charge is -2.31. The molecule has 0 radical (unpaired) electrons. The summed E-state index contributed by atoms with van der Waals surface area (Å²) in [6.45, 7) is 2.61. The van der Waals surface area contributed by atoms with E-state index in [9.17, 15) is 14.1 Å². The second-order valence-electron chi connectivity index (χ2n) is 7.21. The van der Waals surface area contributed by atoms with Crippen molar-refractivity contribution >= 4 is 22.9 Å². The minimum atomic E-state index is -1.69. The summed E-state index contributed by atoms with van der Waals surface area (Å²) in [7, 11) is 1.68. The van der Waals surface area contributed by atoms with Crippen LogP contribution in [0.3, 0.4) is 0 Å². The molecule has 8 heteroatoms. The van der Waals surface area contributed by atoms with E-state index in [0.717, 1.165) is 16.7 Å². The van der Waals surface area contributed by atoms with Gasteiger partial charge in [-0.3, -0.25) is 9.10 Å². The third-order valence-electron chi connectivity index (χ3n) is 5.19.